The minimum atomic E-state index is -3.36. The first kappa shape index (κ1) is 14.2. The second-order valence-electron chi connectivity index (χ2n) is 4.81. The van der Waals surface area contributed by atoms with E-state index in [0.29, 0.717) is 10.8 Å². The molecule has 1 unspecified atom stereocenters. The summed E-state index contributed by atoms with van der Waals surface area (Å²) in [4.78, 5) is 0.330. The highest BCUT2D eigenvalue weighted by Gasteiger charge is 2.16. The van der Waals surface area contributed by atoms with Gasteiger partial charge in [-0.25, -0.2) is 13.1 Å². The van der Waals surface area contributed by atoms with Crippen molar-refractivity contribution < 1.29 is 8.42 Å². The Labute approximate surface area is 104 Å². The molecule has 0 aliphatic rings. The third-order valence-electron chi connectivity index (χ3n) is 2.59. The highest BCUT2D eigenvalue weighted by molar-refractivity contribution is 7.89. The quantitative estimate of drug-likeness (QED) is 0.849. The summed E-state index contributed by atoms with van der Waals surface area (Å²) >= 11 is 0. The molecule has 0 amide bonds. The third kappa shape index (κ3) is 4.88. The first-order valence-electron chi connectivity index (χ1n) is 5.99. The van der Waals surface area contributed by atoms with Crippen LogP contribution in [0, 0.1) is 5.92 Å². The van der Waals surface area contributed by atoms with Gasteiger partial charge in [0.15, 0.2) is 0 Å². The number of rotatable bonds is 6. The molecule has 17 heavy (non-hydrogen) atoms. The van der Waals surface area contributed by atoms with Crippen molar-refractivity contribution in [2.24, 2.45) is 5.92 Å². The maximum absolute atomic E-state index is 12.0. The fourth-order valence-corrected chi connectivity index (χ4v) is 2.87. The monoisotopic (exact) mass is 255 g/mol. The molecule has 0 aliphatic carbocycles. The van der Waals surface area contributed by atoms with Crippen molar-refractivity contribution in [3.63, 3.8) is 0 Å². The normalized spacial score (nSPS) is 13.9. The average Bonchev–Trinajstić information content (AvgIpc) is 2.27. The lowest BCUT2D eigenvalue weighted by molar-refractivity contribution is 0.485. The Hall–Kier alpha value is -0.870. The van der Waals surface area contributed by atoms with Gasteiger partial charge in [-0.2, -0.15) is 0 Å². The molecule has 0 aliphatic heterocycles. The van der Waals surface area contributed by atoms with Crippen LogP contribution in [-0.2, 0) is 10.0 Å². The Kier molecular flexibility index (Phi) is 5.15. The van der Waals surface area contributed by atoms with E-state index in [0.717, 1.165) is 12.8 Å². The molecule has 0 saturated heterocycles. The Morgan fingerprint density at radius 3 is 2.18 bits per heavy atom. The fourth-order valence-electron chi connectivity index (χ4n) is 1.57. The summed E-state index contributed by atoms with van der Waals surface area (Å²) in [5.74, 6) is 0.596. The molecular formula is C13H21NO2S. The van der Waals surface area contributed by atoms with Crippen molar-refractivity contribution in [2.75, 3.05) is 0 Å². The van der Waals surface area contributed by atoms with Crippen molar-refractivity contribution in [1.29, 1.82) is 0 Å². The average molecular weight is 255 g/mol. The van der Waals surface area contributed by atoms with E-state index in [1.54, 1.807) is 30.3 Å². The molecule has 0 heterocycles. The van der Waals surface area contributed by atoms with Crippen LogP contribution in [0.4, 0.5) is 0 Å². The van der Waals surface area contributed by atoms with Crippen molar-refractivity contribution in [3.05, 3.63) is 30.3 Å². The topological polar surface area (TPSA) is 46.2 Å². The van der Waals surface area contributed by atoms with Crippen molar-refractivity contribution >= 4 is 10.0 Å². The molecule has 0 fully saturated rings. The Balaban J connectivity index is 2.62. The zero-order chi connectivity index (χ0) is 12.9. The van der Waals surface area contributed by atoms with Crippen LogP contribution in [0.3, 0.4) is 0 Å². The van der Waals surface area contributed by atoms with Crippen LogP contribution in [0.5, 0.6) is 0 Å². The highest BCUT2D eigenvalue weighted by atomic mass is 32.2. The van der Waals surface area contributed by atoms with E-state index in [2.05, 4.69) is 18.6 Å². The molecule has 0 spiro atoms. The van der Waals surface area contributed by atoms with Crippen LogP contribution in [0.15, 0.2) is 35.2 Å². The summed E-state index contributed by atoms with van der Waals surface area (Å²) < 4.78 is 26.7. The number of sulfonamides is 1. The van der Waals surface area contributed by atoms with Gasteiger partial charge in [-0.1, -0.05) is 32.0 Å². The van der Waals surface area contributed by atoms with E-state index < -0.39 is 10.0 Å². The van der Waals surface area contributed by atoms with Gasteiger partial charge in [-0.3, -0.25) is 0 Å². The molecule has 1 N–H and O–H groups in total. The molecule has 1 rings (SSSR count). The second-order valence-corrected chi connectivity index (χ2v) is 6.52. The zero-order valence-electron chi connectivity index (χ0n) is 10.7. The van der Waals surface area contributed by atoms with Crippen LogP contribution in [-0.4, -0.2) is 14.5 Å². The van der Waals surface area contributed by atoms with E-state index >= 15 is 0 Å². The molecule has 96 valence electrons. The standard InChI is InChI=1S/C13H21NO2S/c1-11(2)9-10-12(3)14-17(15,16)13-7-5-4-6-8-13/h4-8,11-12,14H,9-10H2,1-3H3. The molecule has 1 aromatic rings. The fraction of sp³-hybridized carbons (Fsp3) is 0.538. The molecule has 0 bridgehead atoms. The molecule has 3 nitrogen and oxygen atoms in total. The van der Waals surface area contributed by atoms with Gasteiger partial charge in [-0.05, 0) is 37.8 Å². The molecule has 0 saturated carbocycles. The Morgan fingerprint density at radius 2 is 1.65 bits per heavy atom. The van der Waals surface area contributed by atoms with Gasteiger partial charge in [-0.15, -0.1) is 0 Å². The van der Waals surface area contributed by atoms with E-state index in [4.69, 9.17) is 0 Å². The molecule has 0 aromatic heterocycles. The van der Waals surface area contributed by atoms with Gasteiger partial charge in [0.05, 0.1) is 4.90 Å². The van der Waals surface area contributed by atoms with Gasteiger partial charge in [0.2, 0.25) is 10.0 Å². The molecule has 1 aromatic carbocycles. The lowest BCUT2D eigenvalue weighted by Crippen LogP contribution is -2.32. The minimum absolute atomic E-state index is 0.0254. The van der Waals surface area contributed by atoms with Gasteiger partial charge in [0, 0.05) is 6.04 Å². The maximum atomic E-state index is 12.0. The van der Waals surface area contributed by atoms with E-state index in [9.17, 15) is 8.42 Å². The first-order valence-corrected chi connectivity index (χ1v) is 7.47. The largest absolute Gasteiger partial charge is 0.240 e. The Bertz CT molecular complexity index is 426. The maximum Gasteiger partial charge on any atom is 0.240 e. The molecule has 0 radical (unpaired) electrons. The van der Waals surface area contributed by atoms with Gasteiger partial charge >= 0.3 is 0 Å². The van der Waals surface area contributed by atoms with Crippen LogP contribution in [0.25, 0.3) is 0 Å². The smallest absolute Gasteiger partial charge is 0.208 e. The van der Waals surface area contributed by atoms with Crippen molar-refractivity contribution in [2.45, 2.75) is 44.6 Å². The van der Waals surface area contributed by atoms with Crippen molar-refractivity contribution in [3.8, 4) is 0 Å². The van der Waals surface area contributed by atoms with E-state index in [-0.39, 0.29) is 6.04 Å². The van der Waals surface area contributed by atoms with E-state index in [1.807, 2.05) is 6.92 Å². The van der Waals surface area contributed by atoms with Gasteiger partial charge < -0.3 is 0 Å². The summed E-state index contributed by atoms with van der Waals surface area (Å²) in [6, 6.07) is 8.46. The first-order chi connectivity index (χ1) is 7.92. The van der Waals surface area contributed by atoms with Crippen LogP contribution >= 0.6 is 0 Å². The van der Waals surface area contributed by atoms with Crippen LogP contribution < -0.4 is 4.72 Å². The zero-order valence-corrected chi connectivity index (χ0v) is 11.5. The lowest BCUT2D eigenvalue weighted by atomic mass is 10.1. The molecular weight excluding hydrogens is 234 g/mol. The second kappa shape index (κ2) is 6.17. The summed E-state index contributed by atoms with van der Waals surface area (Å²) in [6.07, 6.45) is 1.89. The van der Waals surface area contributed by atoms with Gasteiger partial charge in [0.25, 0.3) is 0 Å². The van der Waals surface area contributed by atoms with Crippen LogP contribution in [0.2, 0.25) is 0 Å². The Morgan fingerprint density at radius 1 is 1.06 bits per heavy atom. The van der Waals surface area contributed by atoms with Crippen molar-refractivity contribution in [1.82, 2.24) is 4.72 Å². The molecule has 4 heteroatoms. The predicted octanol–water partition coefficient (Wildman–Crippen LogP) is 2.79. The SMILES string of the molecule is CC(C)CCC(C)NS(=O)(=O)c1ccccc1. The molecule has 1 atom stereocenters. The summed E-state index contributed by atoms with van der Waals surface area (Å²) in [6.45, 7) is 6.18. The predicted molar refractivity (Wildman–Crippen MR) is 70.3 cm³/mol. The highest BCUT2D eigenvalue weighted by Crippen LogP contribution is 2.11. The number of hydrogen-bond donors (Lipinski definition) is 1. The lowest BCUT2D eigenvalue weighted by Gasteiger charge is -2.15. The summed E-state index contributed by atoms with van der Waals surface area (Å²) in [5.41, 5.74) is 0. The van der Waals surface area contributed by atoms with E-state index in [1.165, 1.54) is 0 Å². The summed E-state index contributed by atoms with van der Waals surface area (Å²) in [5, 5.41) is 0. The number of benzene rings is 1. The summed E-state index contributed by atoms with van der Waals surface area (Å²) in [7, 11) is -3.36. The van der Waals surface area contributed by atoms with Gasteiger partial charge in [0.1, 0.15) is 0 Å². The minimum Gasteiger partial charge on any atom is -0.208 e. The number of nitrogens with one attached hydrogen (secondary N) is 1. The number of hydrogen-bond acceptors (Lipinski definition) is 2. The van der Waals surface area contributed by atoms with Crippen LogP contribution in [0.1, 0.15) is 33.6 Å². The third-order valence-corrected chi connectivity index (χ3v) is 4.19.